The molecule has 0 aliphatic heterocycles. The van der Waals surface area contributed by atoms with Crippen LogP contribution in [-0.2, 0) is 19.1 Å². The number of unbranched alkanes of at least 4 members (excludes halogenated alkanes) is 38. The minimum atomic E-state index is -0.768. The minimum Gasteiger partial charge on any atom is -0.462 e. The number of ether oxygens (including phenoxy) is 2. The monoisotopic (exact) mass is 805 g/mol. The molecule has 0 aliphatic rings. The topological polar surface area (TPSA) is 72.8 Å². The van der Waals surface area contributed by atoms with E-state index in [0.717, 1.165) is 32.1 Å². The van der Waals surface area contributed by atoms with Gasteiger partial charge in [0, 0.05) is 12.8 Å². The van der Waals surface area contributed by atoms with Crippen LogP contribution >= 0.6 is 0 Å². The normalized spacial score (nSPS) is 12.1. The summed E-state index contributed by atoms with van der Waals surface area (Å²) in [6.45, 7) is 4.18. The maximum absolute atomic E-state index is 12.2. The molecule has 0 bridgehead atoms. The Hall–Kier alpha value is -1.36. The lowest BCUT2D eigenvalue weighted by atomic mass is 10.0. The molecule has 5 nitrogen and oxygen atoms in total. The van der Waals surface area contributed by atoms with Crippen LogP contribution in [0.3, 0.4) is 0 Å². The van der Waals surface area contributed by atoms with E-state index in [-0.39, 0.29) is 25.2 Å². The first-order valence-corrected chi connectivity index (χ1v) is 25.7. The van der Waals surface area contributed by atoms with Crippen LogP contribution in [0.2, 0.25) is 0 Å². The Bertz CT molecular complexity index is 825. The van der Waals surface area contributed by atoms with Crippen LogP contribution in [0.1, 0.15) is 290 Å². The third-order valence-corrected chi connectivity index (χ3v) is 11.8. The SMILES string of the molecule is CCCCCCCC/C=C\CCCCCCCCCC(=O)OC(CO)COC(=O)CCCCCCCCCCCCCCCCCCCCCCCCCCCC. The van der Waals surface area contributed by atoms with Gasteiger partial charge in [0.1, 0.15) is 6.61 Å². The van der Waals surface area contributed by atoms with Crippen LogP contribution in [0.5, 0.6) is 0 Å². The van der Waals surface area contributed by atoms with Crippen molar-refractivity contribution in [3.8, 4) is 0 Å². The maximum atomic E-state index is 12.2. The molecule has 0 heterocycles. The van der Waals surface area contributed by atoms with Gasteiger partial charge in [-0.1, -0.05) is 251 Å². The lowest BCUT2D eigenvalue weighted by molar-refractivity contribution is -0.161. The van der Waals surface area contributed by atoms with E-state index >= 15 is 0 Å². The molecule has 0 aliphatic carbocycles. The Balaban J connectivity index is 3.42. The molecule has 0 amide bonds. The summed E-state index contributed by atoms with van der Waals surface area (Å²) in [5.41, 5.74) is 0. The molecular weight excluding hydrogens is 705 g/mol. The van der Waals surface area contributed by atoms with E-state index in [1.165, 1.54) is 231 Å². The second kappa shape index (κ2) is 49.0. The molecule has 1 N–H and O–H groups in total. The highest BCUT2D eigenvalue weighted by molar-refractivity contribution is 5.70. The molecule has 0 aromatic carbocycles. The summed E-state index contributed by atoms with van der Waals surface area (Å²) in [6, 6.07) is 0. The van der Waals surface area contributed by atoms with Crippen molar-refractivity contribution in [1.29, 1.82) is 0 Å². The molecule has 0 fully saturated rings. The number of hydrogen-bond donors (Lipinski definition) is 1. The van der Waals surface area contributed by atoms with E-state index in [1.807, 2.05) is 0 Å². The highest BCUT2D eigenvalue weighted by atomic mass is 16.6. The Morgan fingerprint density at radius 3 is 0.947 bits per heavy atom. The number of rotatable bonds is 48. The number of allylic oxidation sites excluding steroid dienone is 2. The van der Waals surface area contributed by atoms with E-state index in [0.29, 0.717) is 12.8 Å². The number of esters is 2. The van der Waals surface area contributed by atoms with Gasteiger partial charge in [0.05, 0.1) is 6.61 Å². The average molecular weight is 805 g/mol. The van der Waals surface area contributed by atoms with Crippen LogP contribution in [0.4, 0.5) is 0 Å². The summed E-state index contributed by atoms with van der Waals surface area (Å²) in [5.74, 6) is -0.578. The fourth-order valence-electron chi connectivity index (χ4n) is 7.91. The van der Waals surface area contributed by atoms with Crippen molar-refractivity contribution in [3.63, 3.8) is 0 Å². The predicted octanol–water partition coefficient (Wildman–Crippen LogP) is 16.8. The Labute approximate surface area is 356 Å². The van der Waals surface area contributed by atoms with Gasteiger partial charge >= 0.3 is 11.9 Å². The molecule has 5 heteroatoms. The molecule has 0 aromatic rings. The van der Waals surface area contributed by atoms with Crippen LogP contribution in [0.15, 0.2) is 12.2 Å². The first-order chi connectivity index (χ1) is 28.1. The van der Waals surface area contributed by atoms with Crippen LogP contribution in [-0.4, -0.2) is 36.4 Å². The Morgan fingerprint density at radius 2 is 0.649 bits per heavy atom. The number of aliphatic hydroxyl groups is 1. The molecule has 0 aromatic heterocycles. The number of aliphatic hydroxyl groups excluding tert-OH is 1. The van der Waals surface area contributed by atoms with Crippen LogP contribution < -0.4 is 0 Å². The summed E-state index contributed by atoms with van der Waals surface area (Å²) in [6.07, 6.45) is 58.9. The lowest BCUT2D eigenvalue weighted by Gasteiger charge is -2.15. The number of carbonyl (C=O) groups is 2. The Kier molecular flexibility index (Phi) is 47.8. The van der Waals surface area contributed by atoms with Crippen molar-refractivity contribution in [1.82, 2.24) is 0 Å². The van der Waals surface area contributed by atoms with Gasteiger partial charge in [0.2, 0.25) is 0 Å². The second-order valence-electron chi connectivity index (χ2n) is 17.6. The van der Waals surface area contributed by atoms with Gasteiger partial charge in [-0.15, -0.1) is 0 Å². The van der Waals surface area contributed by atoms with Crippen molar-refractivity contribution in [2.24, 2.45) is 0 Å². The van der Waals surface area contributed by atoms with Crippen LogP contribution in [0.25, 0.3) is 0 Å². The fourth-order valence-corrected chi connectivity index (χ4v) is 7.91. The van der Waals surface area contributed by atoms with E-state index < -0.39 is 6.10 Å². The summed E-state index contributed by atoms with van der Waals surface area (Å²) >= 11 is 0. The standard InChI is InChI=1S/C52H100O5/c1-3-5-7-9-11-13-15-17-19-21-22-23-24-25-26-27-28-29-31-32-34-36-38-40-42-44-46-51(54)56-49-50(48-53)57-52(55)47-45-43-41-39-37-35-33-30-20-18-16-14-12-10-8-6-4-2/h18,20,50,53H,3-17,19,21-49H2,1-2H3/b20-18-. The van der Waals surface area contributed by atoms with Gasteiger partial charge in [0.25, 0.3) is 0 Å². The van der Waals surface area contributed by atoms with Crippen molar-refractivity contribution in [2.75, 3.05) is 13.2 Å². The fraction of sp³-hybridized carbons (Fsp3) is 0.923. The van der Waals surface area contributed by atoms with Gasteiger partial charge in [-0.2, -0.15) is 0 Å². The highest BCUT2D eigenvalue weighted by Gasteiger charge is 2.16. The summed E-state index contributed by atoms with van der Waals surface area (Å²) in [7, 11) is 0. The predicted molar refractivity (Wildman–Crippen MR) is 247 cm³/mol. The van der Waals surface area contributed by atoms with Gasteiger partial charge < -0.3 is 14.6 Å². The van der Waals surface area contributed by atoms with Crippen molar-refractivity contribution in [2.45, 2.75) is 296 Å². The van der Waals surface area contributed by atoms with Crippen molar-refractivity contribution in [3.05, 3.63) is 12.2 Å². The first-order valence-electron chi connectivity index (χ1n) is 25.7. The quantitative estimate of drug-likeness (QED) is 0.0377. The number of hydrogen-bond acceptors (Lipinski definition) is 5. The van der Waals surface area contributed by atoms with E-state index in [4.69, 9.17) is 9.47 Å². The van der Waals surface area contributed by atoms with Gasteiger partial charge in [-0.3, -0.25) is 9.59 Å². The average Bonchev–Trinajstić information content (AvgIpc) is 3.21. The lowest BCUT2D eigenvalue weighted by Crippen LogP contribution is -2.28. The molecule has 1 unspecified atom stereocenters. The van der Waals surface area contributed by atoms with Gasteiger partial charge in [0.15, 0.2) is 6.10 Å². The van der Waals surface area contributed by atoms with Crippen molar-refractivity contribution >= 4 is 11.9 Å². The van der Waals surface area contributed by atoms with E-state index in [1.54, 1.807) is 0 Å². The molecule has 57 heavy (non-hydrogen) atoms. The zero-order chi connectivity index (χ0) is 41.4. The van der Waals surface area contributed by atoms with Crippen molar-refractivity contribution < 1.29 is 24.2 Å². The van der Waals surface area contributed by atoms with Crippen LogP contribution in [0, 0.1) is 0 Å². The molecule has 0 saturated carbocycles. The zero-order valence-corrected chi connectivity index (χ0v) is 38.6. The summed E-state index contributed by atoms with van der Waals surface area (Å²) < 4.78 is 10.7. The number of carbonyl (C=O) groups excluding carboxylic acids is 2. The summed E-state index contributed by atoms with van der Waals surface area (Å²) in [5, 5.41) is 9.61. The third-order valence-electron chi connectivity index (χ3n) is 11.8. The highest BCUT2D eigenvalue weighted by Crippen LogP contribution is 2.17. The smallest absolute Gasteiger partial charge is 0.306 e. The third kappa shape index (κ3) is 47.2. The van der Waals surface area contributed by atoms with E-state index in [9.17, 15) is 14.7 Å². The zero-order valence-electron chi connectivity index (χ0n) is 38.6. The Morgan fingerprint density at radius 1 is 0.386 bits per heavy atom. The molecule has 1 atom stereocenters. The molecule has 0 saturated heterocycles. The molecule has 0 spiro atoms. The molecule has 0 rings (SSSR count). The maximum Gasteiger partial charge on any atom is 0.306 e. The largest absolute Gasteiger partial charge is 0.462 e. The molecular formula is C52H100O5. The molecule has 0 radical (unpaired) electrons. The van der Waals surface area contributed by atoms with Gasteiger partial charge in [-0.25, -0.2) is 0 Å². The first kappa shape index (κ1) is 55.6. The van der Waals surface area contributed by atoms with Gasteiger partial charge in [-0.05, 0) is 38.5 Å². The molecule has 338 valence electrons. The van der Waals surface area contributed by atoms with E-state index in [2.05, 4.69) is 26.0 Å². The summed E-state index contributed by atoms with van der Waals surface area (Å²) in [4.78, 5) is 24.4. The minimum absolute atomic E-state index is 0.0607. The second-order valence-corrected chi connectivity index (χ2v) is 17.6.